The van der Waals surface area contributed by atoms with E-state index >= 15 is 0 Å². The Morgan fingerprint density at radius 3 is 2.17 bits per heavy atom. The maximum Gasteiger partial charge on any atom is 0.326 e. The molecule has 0 aromatic heterocycles. The molecule has 1 rings (SSSR count). The number of guanidine groups is 1. The van der Waals surface area contributed by atoms with Crippen LogP contribution in [0.15, 0.2) is 4.99 Å². The van der Waals surface area contributed by atoms with Crippen LogP contribution in [0.4, 0.5) is 0 Å². The van der Waals surface area contributed by atoms with Crippen molar-refractivity contribution in [3.8, 4) is 0 Å². The molecule has 5 atom stereocenters. The van der Waals surface area contributed by atoms with Crippen molar-refractivity contribution in [1.29, 1.82) is 0 Å². The van der Waals surface area contributed by atoms with Gasteiger partial charge in [0.15, 0.2) is 5.96 Å². The first kappa shape index (κ1) is 35.5. The van der Waals surface area contributed by atoms with Gasteiger partial charge in [-0.25, -0.2) is 4.79 Å². The van der Waals surface area contributed by atoms with E-state index in [0.29, 0.717) is 6.42 Å². The Labute approximate surface area is 240 Å². The zero-order chi connectivity index (χ0) is 32.0. The molecule has 0 unspecified atom stereocenters. The van der Waals surface area contributed by atoms with Gasteiger partial charge >= 0.3 is 11.9 Å². The zero-order valence-electron chi connectivity index (χ0n) is 23.1. The first-order valence-electron chi connectivity index (χ1n) is 13.0. The molecule has 19 heteroatoms. The number of carbonyl (C=O) groups is 7. The SMILES string of the molecule is C[C@H](O)[C@H](NC(=O)[C@H](CC(=O)O)NC(=O)CNC(=O)[C@H](CCCN=C(N)N)NC(=O)CN)C(=O)N1CCC[C@@H]1C(=O)O. The molecule has 1 aliphatic heterocycles. The van der Waals surface area contributed by atoms with Crippen molar-refractivity contribution in [2.24, 2.45) is 22.2 Å². The fourth-order valence-electron chi connectivity index (χ4n) is 4.05. The standard InChI is InChI=1S/C23H39N9O10/c1-11(33)18(21(40)32-7-3-5-14(32)22(41)42)31-20(39)13(8-17(36)37)30-16(35)10-28-19(38)12(29-15(34)9-24)4-2-6-27-23(25)26/h11-14,18,33H,2-10,24H2,1H3,(H,28,38)(H,29,34)(H,30,35)(H,31,39)(H,36,37)(H,41,42)(H4,25,26,27)/t11-,12-,13-,14+,18-/m0/s1. The summed E-state index contributed by atoms with van der Waals surface area (Å²) in [4.78, 5) is 90.3. The number of amides is 5. The second kappa shape index (κ2) is 17.3. The molecule has 1 fully saturated rings. The van der Waals surface area contributed by atoms with Gasteiger partial charge in [0.05, 0.1) is 25.6 Å². The number of nitrogens with zero attached hydrogens (tertiary/aromatic N) is 2. The lowest BCUT2D eigenvalue weighted by Gasteiger charge is -2.29. The molecular weight excluding hydrogens is 562 g/mol. The molecule has 0 radical (unpaired) electrons. The van der Waals surface area contributed by atoms with Gasteiger partial charge in [0.25, 0.3) is 0 Å². The van der Waals surface area contributed by atoms with Crippen molar-refractivity contribution >= 4 is 47.4 Å². The molecule has 1 heterocycles. The smallest absolute Gasteiger partial charge is 0.326 e. The molecule has 13 N–H and O–H groups in total. The van der Waals surface area contributed by atoms with Crippen molar-refractivity contribution in [1.82, 2.24) is 26.2 Å². The molecule has 0 spiro atoms. The number of nitrogens with one attached hydrogen (secondary N) is 4. The fourth-order valence-corrected chi connectivity index (χ4v) is 4.05. The molecule has 0 aromatic rings. The highest BCUT2D eigenvalue weighted by atomic mass is 16.4. The molecule has 5 amide bonds. The Hall–Kier alpha value is -4.52. The molecule has 1 aliphatic rings. The quantitative estimate of drug-likeness (QED) is 0.0423. The number of hydrogen-bond donors (Lipinski definition) is 10. The number of aliphatic imine (C=N–C) groups is 1. The van der Waals surface area contributed by atoms with Gasteiger partial charge < -0.3 is 58.7 Å². The summed E-state index contributed by atoms with van der Waals surface area (Å²) in [6.07, 6.45) is -1.49. The van der Waals surface area contributed by atoms with Gasteiger partial charge in [-0.1, -0.05) is 0 Å². The van der Waals surface area contributed by atoms with Gasteiger partial charge in [-0.2, -0.15) is 0 Å². The van der Waals surface area contributed by atoms with E-state index in [-0.39, 0.29) is 38.3 Å². The highest BCUT2D eigenvalue weighted by Crippen LogP contribution is 2.19. The first-order chi connectivity index (χ1) is 19.7. The summed E-state index contributed by atoms with van der Waals surface area (Å²) in [7, 11) is 0. The maximum atomic E-state index is 13.0. The van der Waals surface area contributed by atoms with Gasteiger partial charge in [-0.05, 0) is 32.6 Å². The topological polar surface area (TPSA) is 322 Å². The number of carboxylic acid groups (broad SMARTS) is 2. The predicted octanol–water partition coefficient (Wildman–Crippen LogP) is -5.50. The lowest BCUT2D eigenvalue weighted by atomic mass is 10.1. The number of aliphatic hydroxyl groups excluding tert-OH is 1. The lowest BCUT2D eigenvalue weighted by molar-refractivity contribution is -0.151. The summed E-state index contributed by atoms with van der Waals surface area (Å²) >= 11 is 0. The fraction of sp³-hybridized carbons (Fsp3) is 0.652. The van der Waals surface area contributed by atoms with Gasteiger partial charge in [0.1, 0.15) is 24.2 Å². The van der Waals surface area contributed by atoms with Crippen LogP contribution in [0.2, 0.25) is 0 Å². The second-order valence-corrected chi connectivity index (χ2v) is 9.46. The molecular formula is C23H39N9O10. The highest BCUT2D eigenvalue weighted by Gasteiger charge is 2.40. The van der Waals surface area contributed by atoms with Gasteiger partial charge in [0.2, 0.25) is 29.5 Å². The average Bonchev–Trinajstić information content (AvgIpc) is 3.41. The number of carboxylic acids is 2. The van der Waals surface area contributed by atoms with E-state index in [0.717, 1.165) is 4.90 Å². The van der Waals surface area contributed by atoms with Crippen LogP contribution in [-0.4, -0.2) is 124 Å². The number of likely N-dealkylation sites (tertiary alicyclic amines) is 1. The number of carbonyl (C=O) groups excluding carboxylic acids is 5. The van der Waals surface area contributed by atoms with E-state index in [1.807, 2.05) is 0 Å². The average molecular weight is 602 g/mol. The number of rotatable bonds is 17. The third-order valence-corrected chi connectivity index (χ3v) is 6.10. The largest absolute Gasteiger partial charge is 0.481 e. The van der Waals surface area contributed by atoms with Gasteiger partial charge in [-0.15, -0.1) is 0 Å². The number of aliphatic hydroxyl groups is 1. The molecule has 42 heavy (non-hydrogen) atoms. The van der Waals surface area contributed by atoms with Crippen molar-refractivity contribution in [3.63, 3.8) is 0 Å². The second-order valence-electron chi connectivity index (χ2n) is 9.46. The van der Waals surface area contributed by atoms with Crippen LogP contribution in [0.3, 0.4) is 0 Å². The van der Waals surface area contributed by atoms with Crippen molar-refractivity contribution in [3.05, 3.63) is 0 Å². The normalized spacial score (nSPS) is 17.1. The highest BCUT2D eigenvalue weighted by molar-refractivity contribution is 5.96. The maximum absolute atomic E-state index is 13.0. The minimum atomic E-state index is -1.73. The molecule has 0 saturated carbocycles. The summed E-state index contributed by atoms with van der Waals surface area (Å²) in [6, 6.07) is -5.63. The zero-order valence-corrected chi connectivity index (χ0v) is 23.1. The van der Waals surface area contributed by atoms with Crippen LogP contribution in [0, 0.1) is 0 Å². The van der Waals surface area contributed by atoms with E-state index in [2.05, 4.69) is 26.3 Å². The van der Waals surface area contributed by atoms with Crippen LogP contribution in [0.1, 0.15) is 39.0 Å². The summed E-state index contributed by atoms with van der Waals surface area (Å²) in [5.41, 5.74) is 15.8. The molecule has 1 saturated heterocycles. The summed E-state index contributed by atoms with van der Waals surface area (Å²) in [5.74, 6) is -7.36. The van der Waals surface area contributed by atoms with Crippen LogP contribution < -0.4 is 38.5 Å². The van der Waals surface area contributed by atoms with E-state index in [4.69, 9.17) is 17.2 Å². The van der Waals surface area contributed by atoms with E-state index < -0.39 is 91.3 Å². The van der Waals surface area contributed by atoms with E-state index in [1.54, 1.807) is 0 Å². The van der Waals surface area contributed by atoms with Crippen molar-refractivity contribution in [2.45, 2.75) is 69.3 Å². The molecule has 19 nitrogen and oxygen atoms in total. The van der Waals surface area contributed by atoms with Crippen LogP contribution in [0.5, 0.6) is 0 Å². The first-order valence-corrected chi connectivity index (χ1v) is 13.0. The number of aliphatic carboxylic acids is 2. The van der Waals surface area contributed by atoms with Crippen molar-refractivity contribution in [2.75, 3.05) is 26.2 Å². The number of hydrogen-bond acceptors (Lipinski definition) is 10. The van der Waals surface area contributed by atoms with Crippen molar-refractivity contribution < 1.29 is 48.9 Å². The molecule has 0 aromatic carbocycles. The molecule has 0 bridgehead atoms. The Morgan fingerprint density at radius 2 is 1.62 bits per heavy atom. The third kappa shape index (κ3) is 11.9. The predicted molar refractivity (Wildman–Crippen MR) is 144 cm³/mol. The van der Waals surface area contributed by atoms with Gasteiger partial charge in [-0.3, -0.25) is 33.8 Å². The van der Waals surface area contributed by atoms with Crippen LogP contribution in [-0.2, 0) is 33.6 Å². The van der Waals surface area contributed by atoms with Crippen LogP contribution in [0.25, 0.3) is 0 Å². The van der Waals surface area contributed by atoms with E-state index in [9.17, 15) is 48.9 Å². The minimum absolute atomic E-state index is 0.0743. The monoisotopic (exact) mass is 601 g/mol. The molecule has 0 aliphatic carbocycles. The Balaban J connectivity index is 2.88. The van der Waals surface area contributed by atoms with Gasteiger partial charge in [0, 0.05) is 13.1 Å². The third-order valence-electron chi connectivity index (χ3n) is 6.10. The van der Waals surface area contributed by atoms with E-state index in [1.165, 1.54) is 6.92 Å². The summed E-state index contributed by atoms with van der Waals surface area (Å²) < 4.78 is 0. The Morgan fingerprint density at radius 1 is 0.976 bits per heavy atom. The minimum Gasteiger partial charge on any atom is -0.481 e. The van der Waals surface area contributed by atoms with Crippen LogP contribution >= 0.6 is 0 Å². The molecule has 236 valence electrons. The summed E-state index contributed by atoms with van der Waals surface area (Å²) in [5, 5.41) is 37.7. The summed E-state index contributed by atoms with van der Waals surface area (Å²) in [6.45, 7) is 0.269. The lowest BCUT2D eigenvalue weighted by Crippen LogP contribution is -2.59. The number of nitrogens with two attached hydrogens (primary N) is 3. The Bertz CT molecular complexity index is 1050. The Kier molecular flexibility index (Phi) is 14.6.